The van der Waals surface area contributed by atoms with Crippen LogP contribution in [0, 0.1) is 32.1 Å². The van der Waals surface area contributed by atoms with E-state index in [-0.39, 0.29) is 0 Å². The molecule has 0 aliphatic heterocycles. The van der Waals surface area contributed by atoms with E-state index in [1.54, 1.807) is 0 Å². The largest absolute Gasteiger partial charge is 0.192 e. The quantitative estimate of drug-likeness (QED) is 0.769. The summed E-state index contributed by atoms with van der Waals surface area (Å²) in [6.07, 6.45) is 0.888. The zero-order valence-electron chi connectivity index (χ0n) is 11.1. The van der Waals surface area contributed by atoms with Gasteiger partial charge in [0, 0.05) is 0 Å². The molecule has 0 aromatic heterocycles. The van der Waals surface area contributed by atoms with E-state index in [1.807, 2.05) is 19.1 Å². The molecule has 0 aliphatic rings. The van der Waals surface area contributed by atoms with Crippen LogP contribution in [-0.2, 0) is 6.42 Å². The third kappa shape index (κ3) is 2.99. The molecule has 0 fully saturated rings. The second kappa shape index (κ2) is 5.06. The summed E-state index contributed by atoms with van der Waals surface area (Å²) in [5.41, 5.74) is 6.98. The Kier molecular flexibility index (Phi) is 3.48. The first kappa shape index (κ1) is 12.4. The maximum atomic E-state index is 8.99. The van der Waals surface area contributed by atoms with Gasteiger partial charge >= 0.3 is 0 Å². The van der Waals surface area contributed by atoms with E-state index in [0.717, 1.165) is 17.5 Å². The third-order valence-electron chi connectivity index (χ3n) is 2.96. The maximum Gasteiger partial charge on any atom is 0.0991 e. The van der Waals surface area contributed by atoms with E-state index >= 15 is 0 Å². The van der Waals surface area contributed by atoms with E-state index in [0.29, 0.717) is 0 Å². The summed E-state index contributed by atoms with van der Waals surface area (Å²) in [5, 5.41) is 8.99. The highest BCUT2D eigenvalue weighted by Crippen LogP contribution is 2.16. The summed E-state index contributed by atoms with van der Waals surface area (Å²) in [7, 11) is 0. The maximum absolute atomic E-state index is 8.99. The average Bonchev–Trinajstić information content (AvgIpc) is 2.26. The summed E-state index contributed by atoms with van der Waals surface area (Å²) >= 11 is 0. The second-order valence-electron chi connectivity index (χ2n) is 4.99. The number of aryl methyl sites for hydroxylation is 3. The van der Waals surface area contributed by atoms with Gasteiger partial charge in [0.15, 0.2) is 0 Å². The first-order valence-corrected chi connectivity index (χ1v) is 6.14. The van der Waals surface area contributed by atoms with E-state index < -0.39 is 0 Å². The molecule has 0 saturated carbocycles. The fraction of sp³-hybridized carbons (Fsp3) is 0.235. The van der Waals surface area contributed by atoms with Crippen molar-refractivity contribution in [2.45, 2.75) is 27.2 Å². The van der Waals surface area contributed by atoms with E-state index in [1.165, 1.54) is 22.3 Å². The highest BCUT2D eigenvalue weighted by Gasteiger charge is 2.01. The second-order valence-corrected chi connectivity index (χ2v) is 4.99. The lowest BCUT2D eigenvalue weighted by Gasteiger charge is -2.07. The molecule has 0 spiro atoms. The van der Waals surface area contributed by atoms with Gasteiger partial charge in [-0.3, -0.25) is 0 Å². The van der Waals surface area contributed by atoms with Crippen molar-refractivity contribution in [1.82, 2.24) is 0 Å². The van der Waals surface area contributed by atoms with E-state index in [2.05, 4.69) is 44.2 Å². The Hall–Kier alpha value is -2.07. The molecule has 1 nitrogen and oxygen atoms in total. The molecular formula is C17H17N. The Labute approximate surface area is 109 Å². The van der Waals surface area contributed by atoms with Crippen LogP contribution in [0.2, 0.25) is 0 Å². The van der Waals surface area contributed by atoms with Crippen molar-refractivity contribution in [1.29, 1.82) is 5.26 Å². The minimum atomic E-state index is 0.745. The monoisotopic (exact) mass is 235 g/mol. The lowest BCUT2D eigenvalue weighted by atomic mass is 9.98. The van der Waals surface area contributed by atoms with Gasteiger partial charge in [0.1, 0.15) is 0 Å². The van der Waals surface area contributed by atoms with Gasteiger partial charge in [0.05, 0.1) is 11.6 Å². The van der Waals surface area contributed by atoms with Gasteiger partial charge in [-0.2, -0.15) is 5.26 Å². The van der Waals surface area contributed by atoms with E-state index in [9.17, 15) is 0 Å². The molecule has 18 heavy (non-hydrogen) atoms. The minimum Gasteiger partial charge on any atom is -0.192 e. The van der Waals surface area contributed by atoms with Crippen molar-refractivity contribution in [3.63, 3.8) is 0 Å². The van der Waals surface area contributed by atoms with Gasteiger partial charge in [0.2, 0.25) is 0 Å². The average molecular weight is 235 g/mol. The van der Waals surface area contributed by atoms with Gasteiger partial charge in [0.25, 0.3) is 0 Å². The molecule has 0 heterocycles. The lowest BCUT2D eigenvalue weighted by molar-refractivity contribution is 1.16. The van der Waals surface area contributed by atoms with Crippen LogP contribution in [0.4, 0.5) is 0 Å². The molecule has 0 N–H and O–H groups in total. The van der Waals surface area contributed by atoms with E-state index in [4.69, 9.17) is 5.26 Å². The molecule has 0 unspecified atom stereocenters. The first-order valence-electron chi connectivity index (χ1n) is 6.14. The predicted molar refractivity (Wildman–Crippen MR) is 74.6 cm³/mol. The molecule has 2 rings (SSSR count). The Bertz CT molecular complexity index is 598. The van der Waals surface area contributed by atoms with Crippen LogP contribution in [0.3, 0.4) is 0 Å². The Morgan fingerprint density at radius 1 is 0.778 bits per heavy atom. The fourth-order valence-electron chi connectivity index (χ4n) is 2.44. The molecule has 0 radical (unpaired) electrons. The molecule has 2 aromatic carbocycles. The zero-order chi connectivity index (χ0) is 13.1. The number of nitriles is 1. The normalized spacial score (nSPS) is 10.1. The zero-order valence-corrected chi connectivity index (χ0v) is 11.1. The topological polar surface area (TPSA) is 23.8 Å². The standard InChI is InChI=1S/C17H17N/c1-12-4-13(2)6-15(5-12)9-16-7-14(3)8-17(10-16)11-18/h4-8,10H,9H2,1-3H3. The summed E-state index contributed by atoms with van der Waals surface area (Å²) in [5.74, 6) is 0. The first-order chi connectivity index (χ1) is 8.56. The van der Waals surface area contributed by atoms with Crippen molar-refractivity contribution in [3.8, 4) is 6.07 Å². The van der Waals surface area contributed by atoms with Crippen LogP contribution >= 0.6 is 0 Å². The number of nitrogens with zero attached hydrogens (tertiary/aromatic N) is 1. The van der Waals surface area contributed by atoms with Crippen molar-refractivity contribution in [2.24, 2.45) is 0 Å². The number of hydrogen-bond donors (Lipinski definition) is 0. The van der Waals surface area contributed by atoms with Gasteiger partial charge in [-0.1, -0.05) is 35.4 Å². The van der Waals surface area contributed by atoms with Crippen molar-refractivity contribution in [2.75, 3.05) is 0 Å². The van der Waals surface area contributed by atoms with Gasteiger partial charge in [-0.25, -0.2) is 0 Å². The lowest BCUT2D eigenvalue weighted by Crippen LogP contribution is -1.92. The molecule has 90 valence electrons. The molecular weight excluding hydrogens is 218 g/mol. The molecule has 0 saturated heterocycles. The summed E-state index contributed by atoms with van der Waals surface area (Å²) in [6.45, 7) is 6.27. The molecule has 0 amide bonds. The number of benzene rings is 2. The highest BCUT2D eigenvalue weighted by atomic mass is 14.2. The van der Waals surface area contributed by atoms with Gasteiger partial charge in [-0.05, 0) is 56.0 Å². The molecule has 0 bridgehead atoms. The Balaban J connectivity index is 2.34. The van der Waals surface area contributed by atoms with Crippen LogP contribution in [0.5, 0.6) is 0 Å². The van der Waals surface area contributed by atoms with Gasteiger partial charge < -0.3 is 0 Å². The SMILES string of the molecule is Cc1cc(C)cc(Cc2cc(C)cc(C#N)c2)c1. The summed E-state index contributed by atoms with van der Waals surface area (Å²) < 4.78 is 0. The number of hydrogen-bond acceptors (Lipinski definition) is 1. The fourth-order valence-corrected chi connectivity index (χ4v) is 2.44. The molecule has 0 aliphatic carbocycles. The van der Waals surface area contributed by atoms with Crippen LogP contribution < -0.4 is 0 Å². The predicted octanol–water partition coefficient (Wildman–Crippen LogP) is 4.07. The third-order valence-corrected chi connectivity index (χ3v) is 2.96. The Morgan fingerprint density at radius 3 is 1.83 bits per heavy atom. The molecule has 2 aromatic rings. The summed E-state index contributed by atoms with van der Waals surface area (Å²) in [6, 6.07) is 14.9. The van der Waals surface area contributed by atoms with Crippen molar-refractivity contribution in [3.05, 3.63) is 69.8 Å². The molecule has 1 heteroatoms. The van der Waals surface area contributed by atoms with Crippen LogP contribution in [0.1, 0.15) is 33.4 Å². The smallest absolute Gasteiger partial charge is 0.0991 e. The van der Waals surface area contributed by atoms with Crippen LogP contribution in [0.25, 0.3) is 0 Å². The molecule has 0 atom stereocenters. The van der Waals surface area contributed by atoms with Crippen LogP contribution in [-0.4, -0.2) is 0 Å². The van der Waals surface area contributed by atoms with Crippen molar-refractivity contribution < 1.29 is 0 Å². The Morgan fingerprint density at radius 2 is 1.28 bits per heavy atom. The van der Waals surface area contributed by atoms with Gasteiger partial charge in [-0.15, -0.1) is 0 Å². The van der Waals surface area contributed by atoms with Crippen LogP contribution in [0.15, 0.2) is 36.4 Å². The number of rotatable bonds is 2. The summed E-state index contributed by atoms with van der Waals surface area (Å²) in [4.78, 5) is 0. The van der Waals surface area contributed by atoms with Crippen molar-refractivity contribution >= 4 is 0 Å². The minimum absolute atomic E-state index is 0.745. The highest BCUT2D eigenvalue weighted by molar-refractivity contribution is 5.40.